The number of nitrogens with one attached hydrogen (secondary N) is 1. The molecule has 1 aromatic rings. The molecule has 7 heteroatoms. The largest absolute Gasteiger partial charge is 0.497 e. The van der Waals surface area contributed by atoms with Gasteiger partial charge in [-0.2, -0.15) is 4.31 Å². The van der Waals surface area contributed by atoms with Gasteiger partial charge < -0.3 is 10.1 Å². The average Bonchev–Trinajstić information content (AvgIpc) is 3.34. The zero-order valence-electron chi connectivity index (χ0n) is 16.3. The summed E-state index contributed by atoms with van der Waals surface area (Å²) in [5.74, 6) is 0.256. The lowest BCUT2D eigenvalue weighted by atomic mass is 10.1. The second kappa shape index (κ2) is 7.96. The Hall–Kier alpha value is -1.60. The van der Waals surface area contributed by atoms with E-state index in [0.29, 0.717) is 18.7 Å². The van der Waals surface area contributed by atoms with Gasteiger partial charge in [-0.3, -0.25) is 4.79 Å². The fourth-order valence-corrected chi connectivity index (χ4v) is 4.61. The van der Waals surface area contributed by atoms with Gasteiger partial charge in [0.25, 0.3) is 0 Å². The number of ether oxygens (including phenoxy) is 1. The van der Waals surface area contributed by atoms with Crippen LogP contribution in [0.25, 0.3) is 0 Å². The maximum atomic E-state index is 13.1. The Morgan fingerprint density at radius 1 is 1.27 bits per heavy atom. The number of carbonyl (C=O) groups excluding carboxylic acids is 1. The zero-order valence-corrected chi connectivity index (χ0v) is 17.1. The number of carbonyl (C=O) groups is 1. The summed E-state index contributed by atoms with van der Waals surface area (Å²) in [5.41, 5.74) is -0.326. The van der Waals surface area contributed by atoms with Gasteiger partial charge in [-0.1, -0.05) is 13.3 Å². The van der Waals surface area contributed by atoms with E-state index in [1.807, 2.05) is 27.7 Å². The molecule has 1 aliphatic carbocycles. The van der Waals surface area contributed by atoms with Crippen LogP contribution in [-0.4, -0.2) is 43.9 Å². The Labute approximate surface area is 157 Å². The van der Waals surface area contributed by atoms with E-state index in [1.54, 1.807) is 31.4 Å². The van der Waals surface area contributed by atoms with E-state index in [2.05, 4.69) is 5.32 Å². The van der Waals surface area contributed by atoms with Gasteiger partial charge in [-0.25, -0.2) is 8.42 Å². The molecule has 0 unspecified atom stereocenters. The Morgan fingerprint density at radius 2 is 1.88 bits per heavy atom. The van der Waals surface area contributed by atoms with E-state index >= 15 is 0 Å². The van der Waals surface area contributed by atoms with Crippen molar-refractivity contribution in [3.8, 4) is 5.75 Å². The van der Waals surface area contributed by atoms with E-state index in [-0.39, 0.29) is 28.3 Å². The summed E-state index contributed by atoms with van der Waals surface area (Å²) in [6.07, 6.45) is 2.22. The molecule has 146 valence electrons. The van der Waals surface area contributed by atoms with Crippen LogP contribution in [-0.2, 0) is 14.8 Å². The number of hydrogen-bond donors (Lipinski definition) is 1. The zero-order chi connectivity index (χ0) is 19.5. The normalized spacial score (nSPS) is 20.1. The number of nitrogens with zero attached hydrogens (tertiary/aromatic N) is 1. The van der Waals surface area contributed by atoms with E-state index < -0.39 is 10.0 Å². The van der Waals surface area contributed by atoms with Gasteiger partial charge in [0.2, 0.25) is 15.9 Å². The van der Waals surface area contributed by atoms with Crippen LogP contribution >= 0.6 is 0 Å². The molecule has 0 heterocycles. The maximum absolute atomic E-state index is 13.1. The molecule has 0 saturated heterocycles. The predicted molar refractivity (Wildman–Crippen MR) is 102 cm³/mol. The third kappa shape index (κ3) is 4.98. The molecule has 2 atom stereocenters. The minimum atomic E-state index is -3.65. The van der Waals surface area contributed by atoms with E-state index in [9.17, 15) is 13.2 Å². The van der Waals surface area contributed by atoms with E-state index in [0.717, 1.165) is 12.8 Å². The van der Waals surface area contributed by atoms with Crippen molar-refractivity contribution in [2.45, 2.75) is 63.4 Å². The molecule has 1 amide bonds. The first-order valence-corrected chi connectivity index (χ1v) is 10.5. The summed E-state index contributed by atoms with van der Waals surface area (Å²) in [6.45, 7) is 8.21. The van der Waals surface area contributed by atoms with Crippen molar-refractivity contribution in [1.82, 2.24) is 9.62 Å². The van der Waals surface area contributed by atoms with Crippen molar-refractivity contribution in [3.05, 3.63) is 24.3 Å². The average molecular weight is 383 g/mol. The van der Waals surface area contributed by atoms with Crippen molar-refractivity contribution in [1.29, 1.82) is 0 Å². The number of sulfonamides is 1. The molecule has 6 nitrogen and oxygen atoms in total. The minimum Gasteiger partial charge on any atom is -0.497 e. The highest BCUT2D eigenvalue weighted by atomic mass is 32.2. The van der Waals surface area contributed by atoms with E-state index in [4.69, 9.17) is 4.74 Å². The molecule has 0 bridgehead atoms. The summed E-state index contributed by atoms with van der Waals surface area (Å²) >= 11 is 0. The number of benzene rings is 1. The molecule has 1 saturated carbocycles. The summed E-state index contributed by atoms with van der Waals surface area (Å²) in [5, 5.41) is 2.95. The second-order valence-electron chi connectivity index (χ2n) is 7.79. The Morgan fingerprint density at radius 3 is 2.38 bits per heavy atom. The van der Waals surface area contributed by atoms with Crippen molar-refractivity contribution in [3.63, 3.8) is 0 Å². The SMILES string of the molecule is CCCCN([C@@H]1C[C@H]1C(=O)NC(C)(C)C)S(=O)(=O)c1ccc(OC)cc1. The third-order valence-corrected chi connectivity index (χ3v) is 6.30. The van der Waals surface area contributed by atoms with Crippen molar-refractivity contribution < 1.29 is 17.9 Å². The molecule has 1 N–H and O–H groups in total. The second-order valence-corrected chi connectivity index (χ2v) is 9.68. The number of hydrogen-bond acceptors (Lipinski definition) is 4. The molecule has 2 rings (SSSR count). The molecule has 0 spiro atoms. The van der Waals surface area contributed by atoms with Crippen LogP contribution in [0.3, 0.4) is 0 Å². The molecule has 0 radical (unpaired) electrons. The highest BCUT2D eigenvalue weighted by molar-refractivity contribution is 7.89. The molecule has 1 aliphatic rings. The third-order valence-electron chi connectivity index (χ3n) is 4.36. The van der Waals surface area contributed by atoms with Gasteiger partial charge in [-0.05, 0) is 57.9 Å². The number of amides is 1. The lowest BCUT2D eigenvalue weighted by molar-refractivity contribution is -0.124. The fraction of sp³-hybridized carbons (Fsp3) is 0.632. The number of methoxy groups -OCH3 is 1. The monoisotopic (exact) mass is 382 g/mol. The number of unbranched alkanes of at least 4 members (excludes halogenated alkanes) is 1. The highest BCUT2D eigenvalue weighted by Gasteiger charge is 2.51. The molecular weight excluding hydrogens is 352 g/mol. The van der Waals surface area contributed by atoms with Crippen LogP contribution in [0.2, 0.25) is 0 Å². The number of rotatable bonds is 8. The summed E-state index contributed by atoms with van der Waals surface area (Å²) in [4.78, 5) is 12.6. The van der Waals surface area contributed by atoms with E-state index in [1.165, 1.54) is 4.31 Å². The van der Waals surface area contributed by atoms with Crippen LogP contribution in [0.5, 0.6) is 5.75 Å². The Balaban J connectivity index is 2.20. The van der Waals surface area contributed by atoms with Gasteiger partial charge in [0.1, 0.15) is 5.75 Å². The minimum absolute atomic E-state index is 0.0751. The maximum Gasteiger partial charge on any atom is 0.243 e. The first-order chi connectivity index (χ1) is 12.1. The molecule has 26 heavy (non-hydrogen) atoms. The highest BCUT2D eigenvalue weighted by Crippen LogP contribution is 2.39. The first kappa shape index (κ1) is 20.7. The molecule has 1 fully saturated rings. The topological polar surface area (TPSA) is 75.7 Å². The molecule has 1 aromatic carbocycles. The smallest absolute Gasteiger partial charge is 0.243 e. The van der Waals surface area contributed by atoms with Gasteiger partial charge in [0, 0.05) is 18.1 Å². The fourth-order valence-electron chi connectivity index (χ4n) is 2.91. The van der Waals surface area contributed by atoms with Crippen LogP contribution in [0, 0.1) is 5.92 Å². The Bertz CT molecular complexity index is 723. The summed E-state index contributed by atoms with van der Waals surface area (Å²) in [6, 6.07) is 6.12. The Kier molecular flexibility index (Phi) is 6.34. The predicted octanol–water partition coefficient (Wildman–Crippen LogP) is 2.79. The van der Waals surface area contributed by atoms with Gasteiger partial charge in [-0.15, -0.1) is 0 Å². The lowest BCUT2D eigenvalue weighted by Crippen LogP contribution is -2.43. The summed E-state index contributed by atoms with van der Waals surface area (Å²) < 4.78 is 32.9. The van der Waals surface area contributed by atoms with Gasteiger partial charge in [0.05, 0.1) is 17.9 Å². The quantitative estimate of drug-likeness (QED) is 0.750. The van der Waals surface area contributed by atoms with Crippen molar-refractivity contribution in [2.24, 2.45) is 5.92 Å². The first-order valence-electron chi connectivity index (χ1n) is 9.08. The molecule has 0 aromatic heterocycles. The van der Waals surface area contributed by atoms with Gasteiger partial charge in [0.15, 0.2) is 0 Å². The standard InChI is InChI=1S/C19H30N2O4S/c1-6-7-12-21(17-13-16(17)18(22)20-19(2,3)4)26(23,24)15-10-8-14(25-5)9-11-15/h8-11,16-17H,6-7,12-13H2,1-5H3,(H,20,22)/t16-,17-/m1/s1. The lowest BCUT2D eigenvalue weighted by Gasteiger charge is -2.24. The van der Waals surface area contributed by atoms with Crippen molar-refractivity contribution >= 4 is 15.9 Å². The van der Waals surface area contributed by atoms with Crippen LogP contribution in [0.4, 0.5) is 0 Å². The summed E-state index contributed by atoms with van der Waals surface area (Å²) in [7, 11) is -2.11. The van der Waals surface area contributed by atoms with Crippen molar-refractivity contribution in [2.75, 3.05) is 13.7 Å². The molecule has 0 aliphatic heterocycles. The van der Waals surface area contributed by atoms with Crippen LogP contribution in [0.15, 0.2) is 29.2 Å². The molecular formula is C19H30N2O4S. The van der Waals surface area contributed by atoms with Crippen LogP contribution < -0.4 is 10.1 Å². The van der Waals surface area contributed by atoms with Crippen LogP contribution in [0.1, 0.15) is 47.0 Å². The van der Waals surface area contributed by atoms with Gasteiger partial charge >= 0.3 is 0 Å².